The van der Waals surface area contributed by atoms with Gasteiger partial charge in [0.05, 0.1) is 6.20 Å². The van der Waals surface area contributed by atoms with Gasteiger partial charge in [-0.2, -0.15) is 0 Å². The minimum atomic E-state index is -0.236. The van der Waals surface area contributed by atoms with Crippen molar-refractivity contribution in [3.8, 4) is 0 Å². The van der Waals surface area contributed by atoms with E-state index in [9.17, 15) is 9.18 Å². The second kappa shape index (κ2) is 8.25. The monoisotopic (exact) mass is 376 g/mol. The van der Waals surface area contributed by atoms with Crippen LogP contribution >= 0.6 is 0 Å². The number of halogens is 1. The van der Waals surface area contributed by atoms with Crippen LogP contribution in [0.3, 0.4) is 0 Å². The van der Waals surface area contributed by atoms with E-state index in [2.05, 4.69) is 9.97 Å². The van der Waals surface area contributed by atoms with Gasteiger partial charge in [-0.25, -0.2) is 9.37 Å². The third-order valence-corrected chi connectivity index (χ3v) is 5.04. The molecule has 0 bridgehead atoms. The molecular weight excluding hydrogens is 355 g/mol. The Bertz CT molecular complexity index is 946. The number of hydrogen-bond donors (Lipinski definition) is 0. The van der Waals surface area contributed by atoms with Crippen LogP contribution in [0.2, 0.25) is 0 Å². The lowest BCUT2D eigenvalue weighted by molar-refractivity contribution is 0.0699. The largest absolute Gasteiger partial charge is 0.337 e. The number of hydrogen-bond acceptors (Lipinski definition) is 4. The lowest BCUT2D eigenvalue weighted by Crippen LogP contribution is -2.39. The molecule has 1 aromatic carbocycles. The average Bonchev–Trinajstić information content (AvgIpc) is 2.76. The first-order chi connectivity index (χ1) is 13.7. The van der Waals surface area contributed by atoms with Crippen LogP contribution in [0.25, 0.3) is 0 Å². The van der Waals surface area contributed by atoms with Gasteiger partial charge in [-0.1, -0.05) is 18.2 Å². The van der Waals surface area contributed by atoms with Crippen LogP contribution in [0, 0.1) is 5.82 Å². The Morgan fingerprint density at radius 3 is 2.79 bits per heavy atom. The van der Waals surface area contributed by atoms with Gasteiger partial charge in [0, 0.05) is 49.2 Å². The lowest BCUT2D eigenvalue weighted by atomic mass is 9.93. The van der Waals surface area contributed by atoms with Crippen molar-refractivity contribution in [1.82, 2.24) is 19.9 Å². The fourth-order valence-electron chi connectivity index (χ4n) is 3.61. The molecule has 0 unspecified atom stereocenters. The minimum absolute atomic E-state index is 0.0831. The van der Waals surface area contributed by atoms with Gasteiger partial charge in [0.1, 0.15) is 11.5 Å². The van der Waals surface area contributed by atoms with Gasteiger partial charge in [-0.15, -0.1) is 0 Å². The smallest absolute Gasteiger partial charge is 0.274 e. The number of piperidine rings is 1. The molecule has 3 aromatic rings. The van der Waals surface area contributed by atoms with Gasteiger partial charge in [-0.05, 0) is 42.7 Å². The summed E-state index contributed by atoms with van der Waals surface area (Å²) in [6.07, 6.45) is 7.19. The molecule has 4 rings (SSSR count). The molecule has 1 atom stereocenters. The third kappa shape index (κ3) is 4.22. The summed E-state index contributed by atoms with van der Waals surface area (Å²) in [6, 6.07) is 12.5. The maximum atomic E-state index is 13.1. The number of aromatic nitrogens is 3. The first-order valence-corrected chi connectivity index (χ1v) is 9.44. The van der Waals surface area contributed by atoms with E-state index in [1.54, 1.807) is 18.3 Å². The number of nitrogens with zero attached hydrogens (tertiary/aromatic N) is 4. The van der Waals surface area contributed by atoms with Gasteiger partial charge in [-0.3, -0.25) is 14.8 Å². The van der Waals surface area contributed by atoms with Gasteiger partial charge >= 0.3 is 0 Å². The van der Waals surface area contributed by atoms with Crippen molar-refractivity contribution in [2.45, 2.75) is 25.2 Å². The van der Waals surface area contributed by atoms with Gasteiger partial charge in [0.2, 0.25) is 0 Å². The Balaban J connectivity index is 1.47. The summed E-state index contributed by atoms with van der Waals surface area (Å²) < 4.78 is 13.1. The van der Waals surface area contributed by atoms with E-state index in [0.717, 1.165) is 36.3 Å². The van der Waals surface area contributed by atoms with E-state index in [-0.39, 0.29) is 17.6 Å². The highest BCUT2D eigenvalue weighted by molar-refractivity contribution is 5.92. The highest BCUT2D eigenvalue weighted by Crippen LogP contribution is 2.27. The van der Waals surface area contributed by atoms with E-state index in [1.807, 2.05) is 23.1 Å². The highest BCUT2D eigenvalue weighted by Gasteiger charge is 2.27. The van der Waals surface area contributed by atoms with E-state index < -0.39 is 0 Å². The van der Waals surface area contributed by atoms with E-state index in [0.29, 0.717) is 18.7 Å². The number of carbonyl (C=O) groups is 1. The van der Waals surface area contributed by atoms with Crippen molar-refractivity contribution in [3.05, 3.63) is 89.5 Å². The maximum absolute atomic E-state index is 13.1. The van der Waals surface area contributed by atoms with Crippen LogP contribution in [0.4, 0.5) is 4.39 Å². The Morgan fingerprint density at radius 1 is 1.14 bits per heavy atom. The Morgan fingerprint density at radius 2 is 2.00 bits per heavy atom. The molecule has 1 aliphatic heterocycles. The van der Waals surface area contributed by atoms with Crippen molar-refractivity contribution in [3.63, 3.8) is 0 Å². The standard InChI is InChI=1S/C22H21FN4O/c23-18-8-6-16(7-9-18)13-19-4-1-5-20(26-19)17-3-2-12-27(15-17)22(28)21-14-24-10-11-25-21/h1,4-11,14,17H,2-3,12-13,15H2/t17-/m0/s1. The summed E-state index contributed by atoms with van der Waals surface area (Å²) in [5.41, 5.74) is 3.34. The maximum Gasteiger partial charge on any atom is 0.274 e. The number of amides is 1. The van der Waals surface area contributed by atoms with Crippen molar-refractivity contribution in [1.29, 1.82) is 0 Å². The van der Waals surface area contributed by atoms with Crippen molar-refractivity contribution < 1.29 is 9.18 Å². The van der Waals surface area contributed by atoms with Crippen LogP contribution in [0.15, 0.2) is 61.1 Å². The number of rotatable bonds is 4. The summed E-state index contributed by atoms with van der Waals surface area (Å²) in [7, 11) is 0. The van der Waals surface area contributed by atoms with Crippen LogP contribution < -0.4 is 0 Å². The van der Waals surface area contributed by atoms with E-state index in [4.69, 9.17) is 4.98 Å². The van der Waals surface area contributed by atoms with E-state index >= 15 is 0 Å². The molecule has 0 N–H and O–H groups in total. The van der Waals surface area contributed by atoms with E-state index in [1.165, 1.54) is 24.5 Å². The summed E-state index contributed by atoms with van der Waals surface area (Å²) in [6.45, 7) is 1.35. The molecule has 1 saturated heterocycles. The zero-order chi connectivity index (χ0) is 19.3. The number of benzene rings is 1. The summed E-state index contributed by atoms with van der Waals surface area (Å²) in [5.74, 6) is -0.122. The average molecular weight is 376 g/mol. The second-order valence-corrected chi connectivity index (χ2v) is 7.04. The zero-order valence-electron chi connectivity index (χ0n) is 15.5. The van der Waals surface area contributed by atoms with Gasteiger partial charge in [0.15, 0.2) is 0 Å². The van der Waals surface area contributed by atoms with Crippen LogP contribution in [-0.4, -0.2) is 38.8 Å². The zero-order valence-corrected chi connectivity index (χ0v) is 15.5. The van der Waals surface area contributed by atoms with Crippen molar-refractivity contribution in [2.75, 3.05) is 13.1 Å². The molecule has 0 saturated carbocycles. The fourth-order valence-corrected chi connectivity index (χ4v) is 3.61. The Hall–Kier alpha value is -3.15. The number of carbonyl (C=O) groups excluding carboxylic acids is 1. The third-order valence-electron chi connectivity index (χ3n) is 5.04. The molecule has 0 aliphatic carbocycles. The van der Waals surface area contributed by atoms with Crippen molar-refractivity contribution >= 4 is 5.91 Å². The molecular formula is C22H21FN4O. The molecule has 6 heteroatoms. The van der Waals surface area contributed by atoms with Gasteiger partial charge < -0.3 is 4.90 Å². The molecule has 5 nitrogen and oxygen atoms in total. The SMILES string of the molecule is O=C(c1cnccn1)N1CCC[C@H](c2cccc(Cc3ccc(F)cc3)n2)C1. The fraction of sp³-hybridized carbons (Fsp3) is 0.273. The normalized spacial score (nSPS) is 16.8. The van der Waals surface area contributed by atoms with Crippen molar-refractivity contribution in [2.24, 2.45) is 0 Å². The quantitative estimate of drug-likeness (QED) is 0.698. The molecule has 3 heterocycles. The number of likely N-dealkylation sites (tertiary alicyclic amines) is 1. The Labute approximate surface area is 163 Å². The first-order valence-electron chi connectivity index (χ1n) is 9.44. The molecule has 0 spiro atoms. The molecule has 2 aromatic heterocycles. The first kappa shape index (κ1) is 18.2. The highest BCUT2D eigenvalue weighted by atomic mass is 19.1. The second-order valence-electron chi connectivity index (χ2n) is 7.04. The molecule has 142 valence electrons. The van der Waals surface area contributed by atoms with Crippen LogP contribution in [0.1, 0.15) is 46.2 Å². The Kier molecular flexibility index (Phi) is 5.37. The summed E-state index contributed by atoms with van der Waals surface area (Å²) in [4.78, 5) is 27.5. The van der Waals surface area contributed by atoms with Gasteiger partial charge in [0.25, 0.3) is 5.91 Å². The van der Waals surface area contributed by atoms with Crippen LogP contribution in [-0.2, 0) is 6.42 Å². The predicted octanol–water partition coefficient (Wildman–Crippen LogP) is 3.62. The number of pyridine rings is 1. The molecule has 1 fully saturated rings. The van der Waals surface area contributed by atoms with Crippen LogP contribution in [0.5, 0.6) is 0 Å². The molecule has 1 aliphatic rings. The summed E-state index contributed by atoms with van der Waals surface area (Å²) in [5, 5.41) is 0. The minimum Gasteiger partial charge on any atom is -0.337 e. The predicted molar refractivity (Wildman–Crippen MR) is 103 cm³/mol. The topological polar surface area (TPSA) is 59.0 Å². The molecule has 1 amide bonds. The lowest BCUT2D eigenvalue weighted by Gasteiger charge is -2.32. The molecule has 0 radical (unpaired) electrons. The molecule has 28 heavy (non-hydrogen) atoms. The summed E-state index contributed by atoms with van der Waals surface area (Å²) >= 11 is 0.